The quantitative estimate of drug-likeness (QED) is 0.652. The van der Waals surface area contributed by atoms with E-state index in [1.165, 1.54) is 11.9 Å². The minimum absolute atomic E-state index is 0.677. The number of anilines is 3. The zero-order chi connectivity index (χ0) is 17.5. The van der Waals surface area contributed by atoms with Crippen molar-refractivity contribution in [2.75, 3.05) is 24.3 Å². The summed E-state index contributed by atoms with van der Waals surface area (Å²) in [6.07, 6.45) is 2.40. The zero-order valence-corrected chi connectivity index (χ0v) is 14.6. The van der Waals surface area contributed by atoms with Gasteiger partial charge in [0.1, 0.15) is 23.7 Å². The highest BCUT2D eigenvalue weighted by atomic mass is 35.5. The lowest BCUT2D eigenvalue weighted by molar-refractivity contribution is 0.414. The lowest BCUT2D eigenvalue weighted by atomic mass is 10.1. The maximum atomic E-state index is 6.00. The number of rotatable bonds is 7. The molecular weight excluding hydrogens is 336 g/mol. The van der Waals surface area contributed by atoms with E-state index in [9.17, 15) is 0 Å². The van der Waals surface area contributed by atoms with Crippen LogP contribution in [0.5, 0.6) is 5.75 Å². The van der Waals surface area contributed by atoms with E-state index in [0.29, 0.717) is 10.8 Å². The summed E-state index contributed by atoms with van der Waals surface area (Å²) >= 11 is 6.00. The third kappa shape index (κ3) is 5.09. The minimum Gasteiger partial charge on any atom is -0.497 e. The molecule has 1 heterocycles. The van der Waals surface area contributed by atoms with Gasteiger partial charge in [-0.25, -0.2) is 9.97 Å². The van der Waals surface area contributed by atoms with Crippen LogP contribution in [0.4, 0.5) is 17.3 Å². The van der Waals surface area contributed by atoms with Crippen LogP contribution in [0.3, 0.4) is 0 Å². The number of benzene rings is 2. The molecule has 2 aromatic carbocycles. The van der Waals surface area contributed by atoms with Crippen molar-refractivity contribution in [3.63, 3.8) is 0 Å². The maximum absolute atomic E-state index is 6.00. The summed E-state index contributed by atoms with van der Waals surface area (Å²) in [6, 6.07) is 17.4. The Hall–Kier alpha value is -2.79. The number of nitrogens with zero attached hydrogens (tertiary/aromatic N) is 2. The molecule has 128 valence electrons. The van der Waals surface area contributed by atoms with Crippen molar-refractivity contribution < 1.29 is 4.74 Å². The Morgan fingerprint density at radius 3 is 2.68 bits per heavy atom. The van der Waals surface area contributed by atoms with Gasteiger partial charge in [0.2, 0.25) is 0 Å². The number of ether oxygens (including phenoxy) is 1. The fourth-order valence-corrected chi connectivity index (χ4v) is 2.59. The summed E-state index contributed by atoms with van der Waals surface area (Å²) in [4.78, 5) is 8.48. The van der Waals surface area contributed by atoms with Crippen LogP contribution >= 0.6 is 11.6 Å². The first-order chi connectivity index (χ1) is 12.2. The van der Waals surface area contributed by atoms with E-state index < -0.39 is 0 Å². The third-order valence-electron chi connectivity index (χ3n) is 3.62. The molecule has 0 saturated heterocycles. The molecule has 0 aliphatic carbocycles. The van der Waals surface area contributed by atoms with Crippen molar-refractivity contribution in [3.05, 3.63) is 71.5 Å². The number of nitrogens with one attached hydrogen (secondary N) is 2. The predicted octanol–water partition coefficient (Wildman–Crippen LogP) is 4.54. The first-order valence-electron chi connectivity index (χ1n) is 7.94. The first-order valence-corrected chi connectivity index (χ1v) is 8.32. The van der Waals surface area contributed by atoms with Gasteiger partial charge in [-0.05, 0) is 42.3 Å². The summed E-state index contributed by atoms with van der Waals surface area (Å²) in [5.74, 6) is 2.34. The van der Waals surface area contributed by atoms with E-state index in [4.69, 9.17) is 16.3 Å². The standard InChI is InChI=1S/C19H19ClN4O/c1-25-17-7-2-4-14(10-17)8-9-21-18-12-19(23-13-22-18)24-16-6-3-5-15(20)11-16/h2-7,10-13H,8-9H2,1H3,(H2,21,22,23,24). The smallest absolute Gasteiger partial charge is 0.135 e. The fraction of sp³-hybridized carbons (Fsp3) is 0.158. The molecule has 0 unspecified atom stereocenters. The summed E-state index contributed by atoms with van der Waals surface area (Å²) in [6.45, 7) is 0.765. The number of halogens is 1. The molecule has 25 heavy (non-hydrogen) atoms. The van der Waals surface area contributed by atoms with Crippen molar-refractivity contribution in [1.82, 2.24) is 9.97 Å². The van der Waals surface area contributed by atoms with Crippen LogP contribution in [-0.4, -0.2) is 23.6 Å². The number of hydrogen-bond donors (Lipinski definition) is 2. The second-order valence-corrected chi connectivity index (χ2v) is 5.89. The largest absolute Gasteiger partial charge is 0.497 e. The lowest BCUT2D eigenvalue weighted by Gasteiger charge is -2.09. The van der Waals surface area contributed by atoms with Crippen LogP contribution in [-0.2, 0) is 6.42 Å². The predicted molar refractivity (Wildman–Crippen MR) is 102 cm³/mol. The van der Waals surface area contributed by atoms with Crippen LogP contribution in [0.1, 0.15) is 5.56 Å². The van der Waals surface area contributed by atoms with Gasteiger partial charge < -0.3 is 15.4 Å². The van der Waals surface area contributed by atoms with Gasteiger partial charge in [-0.1, -0.05) is 29.8 Å². The summed E-state index contributed by atoms with van der Waals surface area (Å²) in [7, 11) is 1.67. The Bertz CT molecular complexity index is 841. The average molecular weight is 355 g/mol. The van der Waals surface area contributed by atoms with E-state index >= 15 is 0 Å². The Labute approximate surface area is 152 Å². The highest BCUT2D eigenvalue weighted by Crippen LogP contribution is 2.20. The average Bonchev–Trinajstić information content (AvgIpc) is 2.62. The molecule has 3 rings (SSSR count). The van der Waals surface area contributed by atoms with Gasteiger partial charge in [-0.2, -0.15) is 0 Å². The van der Waals surface area contributed by atoms with Gasteiger partial charge in [-0.15, -0.1) is 0 Å². The van der Waals surface area contributed by atoms with E-state index in [1.54, 1.807) is 7.11 Å². The van der Waals surface area contributed by atoms with Crippen LogP contribution in [0.15, 0.2) is 60.9 Å². The third-order valence-corrected chi connectivity index (χ3v) is 3.85. The topological polar surface area (TPSA) is 59.1 Å². The first kappa shape index (κ1) is 17.0. The summed E-state index contributed by atoms with van der Waals surface area (Å²) < 4.78 is 5.24. The Morgan fingerprint density at radius 1 is 1.00 bits per heavy atom. The molecule has 2 N–H and O–H groups in total. The van der Waals surface area contributed by atoms with Gasteiger partial charge in [0.15, 0.2) is 0 Å². The molecule has 3 aromatic rings. The van der Waals surface area contributed by atoms with Crippen LogP contribution in [0, 0.1) is 0 Å². The van der Waals surface area contributed by atoms with Gasteiger partial charge in [0.25, 0.3) is 0 Å². The molecule has 0 aliphatic rings. The molecule has 1 aromatic heterocycles. The summed E-state index contributed by atoms with van der Waals surface area (Å²) in [5.41, 5.74) is 2.09. The van der Waals surface area contributed by atoms with Crippen LogP contribution in [0.25, 0.3) is 0 Å². The second-order valence-electron chi connectivity index (χ2n) is 5.45. The van der Waals surface area contributed by atoms with Gasteiger partial charge in [0.05, 0.1) is 7.11 Å². The molecule has 5 nitrogen and oxygen atoms in total. The summed E-state index contributed by atoms with van der Waals surface area (Å²) in [5, 5.41) is 7.20. The molecule has 0 radical (unpaired) electrons. The molecule has 0 bridgehead atoms. The molecule has 0 atom stereocenters. The Kier molecular flexibility index (Phi) is 5.69. The van der Waals surface area contributed by atoms with Gasteiger partial charge in [-0.3, -0.25) is 0 Å². The maximum Gasteiger partial charge on any atom is 0.135 e. The van der Waals surface area contributed by atoms with E-state index in [-0.39, 0.29) is 0 Å². The molecular formula is C19H19ClN4O. The monoisotopic (exact) mass is 354 g/mol. The number of methoxy groups -OCH3 is 1. The van der Waals surface area contributed by atoms with E-state index in [0.717, 1.165) is 30.2 Å². The molecule has 0 amide bonds. The van der Waals surface area contributed by atoms with Crippen LogP contribution < -0.4 is 15.4 Å². The molecule has 0 aliphatic heterocycles. The fourth-order valence-electron chi connectivity index (χ4n) is 2.40. The number of hydrogen-bond acceptors (Lipinski definition) is 5. The van der Waals surface area contributed by atoms with E-state index in [2.05, 4.69) is 26.7 Å². The molecule has 0 saturated carbocycles. The Balaban J connectivity index is 1.58. The molecule has 0 fully saturated rings. The van der Waals surface area contributed by atoms with Crippen molar-refractivity contribution in [1.29, 1.82) is 0 Å². The van der Waals surface area contributed by atoms with Crippen LogP contribution in [0.2, 0.25) is 5.02 Å². The van der Waals surface area contributed by atoms with Gasteiger partial charge >= 0.3 is 0 Å². The lowest BCUT2D eigenvalue weighted by Crippen LogP contribution is -2.07. The minimum atomic E-state index is 0.677. The van der Waals surface area contributed by atoms with Crippen molar-refractivity contribution in [2.24, 2.45) is 0 Å². The SMILES string of the molecule is COc1cccc(CCNc2cc(Nc3cccc(Cl)c3)ncn2)c1. The van der Waals surface area contributed by atoms with Crippen molar-refractivity contribution in [3.8, 4) is 5.75 Å². The molecule has 6 heteroatoms. The van der Waals surface area contributed by atoms with Gasteiger partial charge in [0, 0.05) is 23.3 Å². The van der Waals surface area contributed by atoms with E-state index in [1.807, 2.05) is 48.5 Å². The normalized spacial score (nSPS) is 10.3. The highest BCUT2D eigenvalue weighted by Gasteiger charge is 2.01. The van der Waals surface area contributed by atoms with Crippen molar-refractivity contribution >= 4 is 28.9 Å². The second kappa shape index (κ2) is 8.35. The van der Waals surface area contributed by atoms with Crippen molar-refractivity contribution in [2.45, 2.75) is 6.42 Å². The number of aromatic nitrogens is 2. The zero-order valence-electron chi connectivity index (χ0n) is 13.9. The molecule has 0 spiro atoms. The highest BCUT2D eigenvalue weighted by molar-refractivity contribution is 6.30. The Morgan fingerprint density at radius 2 is 1.84 bits per heavy atom.